The van der Waals surface area contributed by atoms with Gasteiger partial charge >= 0.3 is 6.03 Å². The highest BCUT2D eigenvalue weighted by Gasteiger charge is 2.20. The number of hydrogen-bond donors (Lipinski definition) is 4. The van der Waals surface area contributed by atoms with Crippen LogP contribution < -0.4 is 15.5 Å². The number of benzene rings is 2. The second-order valence-corrected chi connectivity index (χ2v) is 7.39. The van der Waals surface area contributed by atoms with E-state index >= 15 is 0 Å². The molecule has 1 fully saturated rings. The van der Waals surface area contributed by atoms with E-state index in [0.29, 0.717) is 28.9 Å². The first-order chi connectivity index (χ1) is 13.9. The fourth-order valence-electron chi connectivity index (χ4n) is 3.46. The molecule has 0 saturated carbocycles. The Morgan fingerprint density at radius 2 is 2.00 bits per heavy atom. The fourth-order valence-corrected chi connectivity index (χ4v) is 3.67. The maximum absolute atomic E-state index is 13.9. The summed E-state index contributed by atoms with van der Waals surface area (Å²) in [5, 5.41) is 5.70. The molecule has 7 nitrogen and oxygen atoms in total. The molecule has 29 heavy (non-hydrogen) atoms. The molecule has 4 N–H and O–H groups in total. The Labute approximate surface area is 171 Å². The van der Waals surface area contributed by atoms with Gasteiger partial charge in [0.2, 0.25) is 0 Å². The van der Waals surface area contributed by atoms with Crippen LogP contribution in [0.25, 0.3) is 11.0 Å². The molecule has 2 heterocycles. The number of carbonyl (C=O) groups excluding carboxylic acids is 2. The summed E-state index contributed by atoms with van der Waals surface area (Å²) in [6.07, 6.45) is 0.893. The number of carbonyl (C=O) groups is 2. The van der Waals surface area contributed by atoms with Gasteiger partial charge in [-0.1, -0.05) is 12.1 Å². The third-order valence-electron chi connectivity index (χ3n) is 4.97. The number of H-pyrrole nitrogens is 2. The predicted molar refractivity (Wildman–Crippen MR) is 111 cm³/mol. The van der Waals surface area contributed by atoms with E-state index in [0.717, 1.165) is 17.7 Å². The fraction of sp³-hybridized carbons (Fsp3) is 0.250. The summed E-state index contributed by atoms with van der Waals surface area (Å²) in [5.74, 6) is -0.934. The maximum atomic E-state index is 13.9. The van der Waals surface area contributed by atoms with Crippen molar-refractivity contribution in [3.63, 3.8) is 0 Å². The van der Waals surface area contributed by atoms with Crippen molar-refractivity contribution in [3.8, 4) is 0 Å². The minimum atomic E-state index is -0.523. The average molecular weight is 413 g/mol. The van der Waals surface area contributed by atoms with Gasteiger partial charge in [-0.15, -0.1) is 0 Å². The first kappa shape index (κ1) is 19.1. The Bertz CT molecular complexity index is 1140. The minimum absolute atomic E-state index is 0.107. The van der Waals surface area contributed by atoms with E-state index in [-0.39, 0.29) is 17.6 Å². The SMILES string of the molecule is C[C@H](NC(=O)c1cc(F)cc2[nH]c(=S)[nH]c12)c1ccc(N2CCCNC2=O)cc1. The molecule has 1 saturated heterocycles. The Morgan fingerprint density at radius 1 is 1.24 bits per heavy atom. The van der Waals surface area contributed by atoms with E-state index in [4.69, 9.17) is 12.2 Å². The van der Waals surface area contributed by atoms with E-state index in [1.807, 2.05) is 31.2 Å². The Hall–Kier alpha value is -3.20. The largest absolute Gasteiger partial charge is 0.345 e. The van der Waals surface area contributed by atoms with Crippen molar-refractivity contribution < 1.29 is 14.0 Å². The van der Waals surface area contributed by atoms with Crippen LogP contribution in [0.3, 0.4) is 0 Å². The molecule has 1 aliphatic rings. The lowest BCUT2D eigenvalue weighted by Crippen LogP contribution is -2.46. The van der Waals surface area contributed by atoms with E-state index < -0.39 is 11.7 Å². The first-order valence-electron chi connectivity index (χ1n) is 9.30. The molecule has 0 aliphatic carbocycles. The van der Waals surface area contributed by atoms with Gasteiger partial charge in [-0.2, -0.15) is 0 Å². The van der Waals surface area contributed by atoms with E-state index in [1.165, 1.54) is 12.1 Å². The monoisotopic (exact) mass is 413 g/mol. The smallest absolute Gasteiger partial charge is 0.321 e. The lowest BCUT2D eigenvalue weighted by Gasteiger charge is -2.27. The van der Waals surface area contributed by atoms with Crippen molar-refractivity contribution in [2.24, 2.45) is 0 Å². The standard InChI is InChI=1S/C20H20FN5O2S/c1-11(12-3-5-14(6-4-12)26-8-2-7-22-20(26)28)23-18(27)15-9-13(21)10-16-17(15)25-19(29)24-16/h3-6,9-11H,2,7-8H2,1H3,(H,22,28)(H,23,27)(H2,24,25,29)/t11-/m0/s1. The van der Waals surface area contributed by atoms with E-state index in [2.05, 4.69) is 20.6 Å². The average Bonchev–Trinajstić information content (AvgIpc) is 3.07. The van der Waals surface area contributed by atoms with Crippen molar-refractivity contribution in [1.29, 1.82) is 0 Å². The number of anilines is 1. The molecule has 0 radical (unpaired) electrons. The Kier molecular flexibility index (Phi) is 5.06. The zero-order valence-corrected chi connectivity index (χ0v) is 16.5. The molecule has 1 aliphatic heterocycles. The Balaban J connectivity index is 1.52. The lowest BCUT2D eigenvalue weighted by molar-refractivity contribution is 0.0941. The highest BCUT2D eigenvalue weighted by Crippen LogP contribution is 2.22. The topological polar surface area (TPSA) is 93.0 Å². The van der Waals surface area contributed by atoms with E-state index in [1.54, 1.807) is 4.90 Å². The van der Waals surface area contributed by atoms with Crippen LogP contribution in [-0.2, 0) is 0 Å². The molecule has 1 atom stereocenters. The molecule has 150 valence electrons. The number of urea groups is 1. The van der Waals surface area contributed by atoms with Crippen molar-refractivity contribution in [3.05, 3.63) is 58.1 Å². The van der Waals surface area contributed by atoms with Crippen LogP contribution in [0.5, 0.6) is 0 Å². The third kappa shape index (κ3) is 3.86. The molecule has 4 rings (SSSR count). The van der Waals surface area contributed by atoms with E-state index in [9.17, 15) is 14.0 Å². The number of aromatic amines is 2. The van der Waals surface area contributed by atoms with Crippen molar-refractivity contribution in [2.75, 3.05) is 18.0 Å². The van der Waals surface area contributed by atoms with Crippen molar-refractivity contribution in [2.45, 2.75) is 19.4 Å². The number of hydrogen-bond acceptors (Lipinski definition) is 3. The minimum Gasteiger partial charge on any atom is -0.345 e. The van der Waals surface area contributed by atoms with Crippen molar-refractivity contribution >= 4 is 40.9 Å². The summed E-state index contributed by atoms with van der Waals surface area (Å²) in [4.78, 5) is 32.1. The second-order valence-electron chi connectivity index (χ2n) is 6.98. The summed E-state index contributed by atoms with van der Waals surface area (Å²) < 4.78 is 14.2. The number of amides is 3. The molecule has 2 aromatic carbocycles. The molecule has 0 unspecified atom stereocenters. The number of fused-ring (bicyclic) bond motifs is 1. The highest BCUT2D eigenvalue weighted by molar-refractivity contribution is 7.71. The summed E-state index contributed by atoms with van der Waals surface area (Å²) in [6, 6.07) is 9.50. The quantitative estimate of drug-likeness (QED) is 0.491. The van der Waals surface area contributed by atoms with Gasteiger partial charge < -0.3 is 20.6 Å². The maximum Gasteiger partial charge on any atom is 0.321 e. The van der Waals surface area contributed by atoms with Gasteiger partial charge in [-0.05, 0) is 55.4 Å². The van der Waals surface area contributed by atoms with Gasteiger partial charge in [-0.25, -0.2) is 9.18 Å². The van der Waals surface area contributed by atoms with Crippen LogP contribution in [0.15, 0.2) is 36.4 Å². The van der Waals surface area contributed by atoms with Crippen LogP contribution in [0.2, 0.25) is 0 Å². The van der Waals surface area contributed by atoms with Gasteiger partial charge in [0.05, 0.1) is 22.6 Å². The summed E-state index contributed by atoms with van der Waals surface area (Å²) in [6.45, 7) is 3.21. The molecular formula is C20H20FN5O2S. The third-order valence-corrected chi connectivity index (χ3v) is 5.17. The molecular weight excluding hydrogens is 393 g/mol. The molecule has 0 bridgehead atoms. The van der Waals surface area contributed by atoms with Crippen LogP contribution in [0.4, 0.5) is 14.9 Å². The first-order valence-corrected chi connectivity index (χ1v) is 9.71. The number of imidazole rings is 1. The van der Waals surface area contributed by atoms with Crippen LogP contribution in [-0.4, -0.2) is 35.0 Å². The number of halogens is 1. The molecule has 9 heteroatoms. The molecule has 1 aromatic heterocycles. The highest BCUT2D eigenvalue weighted by atomic mass is 32.1. The number of nitrogens with one attached hydrogen (secondary N) is 4. The van der Waals surface area contributed by atoms with Gasteiger partial charge in [0.25, 0.3) is 5.91 Å². The summed E-state index contributed by atoms with van der Waals surface area (Å²) in [5.41, 5.74) is 2.76. The second kappa shape index (κ2) is 7.67. The van der Waals surface area contributed by atoms with Gasteiger partial charge in [-0.3, -0.25) is 9.69 Å². The molecule has 3 amide bonds. The predicted octanol–water partition coefficient (Wildman–Crippen LogP) is 3.78. The van der Waals surface area contributed by atoms with Gasteiger partial charge in [0.15, 0.2) is 4.77 Å². The van der Waals surface area contributed by atoms with Crippen molar-refractivity contribution in [1.82, 2.24) is 20.6 Å². The molecule has 3 aromatic rings. The van der Waals surface area contributed by atoms with Crippen LogP contribution >= 0.6 is 12.2 Å². The summed E-state index contributed by atoms with van der Waals surface area (Å²) in [7, 11) is 0. The number of nitrogens with zero attached hydrogens (tertiary/aromatic N) is 1. The molecule has 0 spiro atoms. The van der Waals surface area contributed by atoms with Crippen LogP contribution in [0.1, 0.15) is 35.3 Å². The van der Waals surface area contributed by atoms with Crippen LogP contribution in [0, 0.1) is 10.6 Å². The number of rotatable bonds is 4. The summed E-state index contributed by atoms with van der Waals surface area (Å²) >= 11 is 5.04. The normalized spacial score (nSPS) is 15.2. The number of aromatic nitrogens is 2. The zero-order chi connectivity index (χ0) is 20.5. The van der Waals surface area contributed by atoms with Gasteiger partial charge in [0.1, 0.15) is 5.82 Å². The lowest BCUT2D eigenvalue weighted by atomic mass is 10.1. The Morgan fingerprint density at radius 3 is 2.72 bits per heavy atom. The zero-order valence-electron chi connectivity index (χ0n) is 15.7. The van der Waals surface area contributed by atoms with Gasteiger partial charge in [0, 0.05) is 18.8 Å².